The van der Waals surface area contributed by atoms with E-state index >= 15 is 0 Å². The molecule has 0 aliphatic heterocycles. The number of methoxy groups -OCH3 is 1. The maximum atomic E-state index is 12.9. The molecule has 0 aliphatic carbocycles. The number of carbonyl (C=O) groups excluding carboxylic acids is 1. The molecule has 10 heteroatoms. The van der Waals surface area contributed by atoms with Crippen LogP contribution in [0.5, 0.6) is 5.75 Å². The van der Waals surface area contributed by atoms with Crippen molar-refractivity contribution in [1.29, 1.82) is 0 Å². The third-order valence-electron chi connectivity index (χ3n) is 6.34. The molecule has 0 bridgehead atoms. The summed E-state index contributed by atoms with van der Waals surface area (Å²) in [7, 11) is 1.62. The van der Waals surface area contributed by atoms with Gasteiger partial charge in [-0.05, 0) is 85.3 Å². The summed E-state index contributed by atoms with van der Waals surface area (Å²) >= 11 is 9.11. The molecule has 4 aromatic carbocycles. The van der Waals surface area contributed by atoms with Crippen LogP contribution in [0, 0.1) is 6.92 Å². The number of carbonyl (C=O) groups is 1. The van der Waals surface area contributed by atoms with E-state index in [-0.39, 0.29) is 11.7 Å². The van der Waals surface area contributed by atoms with Crippen LogP contribution >= 0.6 is 34.7 Å². The number of amides is 1. The summed E-state index contributed by atoms with van der Waals surface area (Å²) in [5.41, 5.74) is 5.61. The minimum absolute atomic E-state index is 0.146. The molecule has 0 spiro atoms. The summed E-state index contributed by atoms with van der Waals surface area (Å²) in [4.78, 5) is 17.7. The van der Waals surface area contributed by atoms with Gasteiger partial charge in [-0.15, -0.1) is 21.5 Å². The highest BCUT2D eigenvalue weighted by molar-refractivity contribution is 7.99. The monoisotopic (exact) mass is 597 g/mol. The van der Waals surface area contributed by atoms with Gasteiger partial charge in [0.15, 0.2) is 11.0 Å². The minimum atomic E-state index is -0.146. The van der Waals surface area contributed by atoms with Gasteiger partial charge in [-0.25, -0.2) is 4.98 Å². The Morgan fingerprint density at radius 2 is 1.78 bits per heavy atom. The van der Waals surface area contributed by atoms with E-state index in [2.05, 4.69) is 34.6 Å². The highest BCUT2D eigenvalue weighted by Gasteiger charge is 2.18. The van der Waals surface area contributed by atoms with Gasteiger partial charge >= 0.3 is 0 Å². The Balaban J connectivity index is 1.18. The molecule has 0 aliphatic rings. The van der Waals surface area contributed by atoms with Crippen LogP contribution in [-0.2, 0) is 4.79 Å². The number of hydrogen-bond acceptors (Lipinski definition) is 7. The average molecular weight is 598 g/mol. The molecular formula is C31H24ClN5O2S2. The van der Waals surface area contributed by atoms with E-state index in [0.29, 0.717) is 27.4 Å². The molecule has 0 saturated heterocycles. The summed E-state index contributed by atoms with van der Waals surface area (Å²) in [6.45, 7) is 2.08. The van der Waals surface area contributed by atoms with Crippen molar-refractivity contribution in [2.75, 3.05) is 18.2 Å². The Kier molecular flexibility index (Phi) is 7.74. The largest absolute Gasteiger partial charge is 0.497 e. The molecule has 0 unspecified atom stereocenters. The second-order valence-corrected chi connectivity index (χ2v) is 11.7. The van der Waals surface area contributed by atoms with Crippen LogP contribution in [0.3, 0.4) is 0 Å². The molecule has 7 nitrogen and oxygen atoms in total. The average Bonchev–Trinajstić information content (AvgIpc) is 3.61. The zero-order chi connectivity index (χ0) is 28.3. The Morgan fingerprint density at radius 1 is 0.976 bits per heavy atom. The van der Waals surface area contributed by atoms with Crippen molar-refractivity contribution >= 4 is 56.5 Å². The number of aryl methyl sites for hydroxylation is 1. The van der Waals surface area contributed by atoms with Crippen molar-refractivity contribution in [2.45, 2.75) is 12.1 Å². The molecule has 1 N–H and O–H groups in total. The Labute approximate surface area is 250 Å². The standard InChI is InChI=1S/C31H24ClN5O2S2/c1-19-6-15-26-27(16-19)41-30(34-26)20-7-11-23(12-8-20)33-28(38)18-40-31-36-35-29(21-4-3-5-25(17-21)39-2)37(31)24-13-9-22(32)10-14-24/h3-17H,18H2,1-2H3,(H,33,38). The fourth-order valence-corrected chi connectivity index (χ4v) is 6.26. The highest BCUT2D eigenvalue weighted by Crippen LogP contribution is 2.32. The molecule has 6 aromatic rings. The lowest BCUT2D eigenvalue weighted by Gasteiger charge is -2.11. The molecular weight excluding hydrogens is 574 g/mol. The lowest BCUT2D eigenvalue weighted by molar-refractivity contribution is -0.113. The summed E-state index contributed by atoms with van der Waals surface area (Å²) in [5.74, 6) is 1.36. The Morgan fingerprint density at radius 3 is 2.56 bits per heavy atom. The molecule has 2 aromatic heterocycles. The van der Waals surface area contributed by atoms with Crippen LogP contribution in [0.2, 0.25) is 5.02 Å². The summed E-state index contributed by atoms with van der Waals surface area (Å²) in [6.07, 6.45) is 0. The van der Waals surface area contributed by atoms with E-state index in [9.17, 15) is 4.79 Å². The fourth-order valence-electron chi connectivity index (χ4n) is 4.31. The van der Waals surface area contributed by atoms with E-state index < -0.39 is 0 Å². The summed E-state index contributed by atoms with van der Waals surface area (Å²) < 4.78 is 8.47. The molecule has 1 amide bonds. The molecule has 0 saturated carbocycles. The lowest BCUT2D eigenvalue weighted by Crippen LogP contribution is -2.14. The van der Waals surface area contributed by atoms with Crippen molar-refractivity contribution in [3.05, 3.63) is 102 Å². The number of nitrogens with one attached hydrogen (secondary N) is 1. The molecule has 204 valence electrons. The van der Waals surface area contributed by atoms with Crippen molar-refractivity contribution in [1.82, 2.24) is 19.7 Å². The predicted octanol–water partition coefficient (Wildman–Crippen LogP) is 7.91. The van der Waals surface area contributed by atoms with Crippen LogP contribution in [0.25, 0.3) is 37.9 Å². The quantitative estimate of drug-likeness (QED) is 0.180. The van der Waals surface area contributed by atoms with Gasteiger partial charge in [-0.3, -0.25) is 9.36 Å². The number of aromatic nitrogens is 4. The highest BCUT2D eigenvalue weighted by atomic mass is 35.5. The first-order valence-corrected chi connectivity index (χ1v) is 14.9. The maximum absolute atomic E-state index is 12.9. The van der Waals surface area contributed by atoms with Gasteiger partial charge in [0.2, 0.25) is 5.91 Å². The molecule has 0 radical (unpaired) electrons. The first-order chi connectivity index (χ1) is 20.0. The van der Waals surface area contributed by atoms with Crippen molar-refractivity contribution in [2.24, 2.45) is 0 Å². The number of ether oxygens (including phenoxy) is 1. The normalized spacial score (nSPS) is 11.1. The zero-order valence-corrected chi connectivity index (χ0v) is 24.6. The van der Waals surface area contributed by atoms with Crippen molar-refractivity contribution in [3.8, 4) is 33.4 Å². The number of rotatable bonds is 8. The number of benzene rings is 4. The van der Waals surface area contributed by atoms with Crippen LogP contribution in [0.15, 0.2) is 96.2 Å². The minimum Gasteiger partial charge on any atom is -0.497 e. The fraction of sp³-hybridized carbons (Fsp3) is 0.0968. The second kappa shape index (κ2) is 11.7. The number of thioether (sulfide) groups is 1. The number of nitrogens with zero attached hydrogens (tertiary/aromatic N) is 4. The van der Waals surface area contributed by atoms with E-state index in [1.807, 2.05) is 83.4 Å². The van der Waals surface area contributed by atoms with Crippen LogP contribution in [-0.4, -0.2) is 38.5 Å². The van der Waals surface area contributed by atoms with Gasteiger partial charge in [-0.2, -0.15) is 0 Å². The number of halogens is 1. The number of hydrogen-bond donors (Lipinski definition) is 1. The van der Waals surface area contributed by atoms with E-state index in [1.54, 1.807) is 18.4 Å². The smallest absolute Gasteiger partial charge is 0.234 e. The predicted molar refractivity (Wildman–Crippen MR) is 168 cm³/mol. The number of fused-ring (bicyclic) bond motifs is 1. The second-order valence-electron chi connectivity index (χ2n) is 9.25. The first-order valence-electron chi connectivity index (χ1n) is 12.7. The molecule has 41 heavy (non-hydrogen) atoms. The zero-order valence-electron chi connectivity index (χ0n) is 22.2. The van der Waals surface area contributed by atoms with Crippen LogP contribution in [0.1, 0.15) is 5.56 Å². The first kappa shape index (κ1) is 27.0. The summed E-state index contributed by atoms with van der Waals surface area (Å²) in [5, 5.41) is 14.0. The van der Waals surface area contributed by atoms with Gasteiger partial charge in [0.05, 0.1) is 23.1 Å². The van der Waals surface area contributed by atoms with Crippen LogP contribution < -0.4 is 10.1 Å². The van der Waals surface area contributed by atoms with Crippen LogP contribution in [0.4, 0.5) is 5.69 Å². The SMILES string of the molecule is COc1cccc(-c2nnc(SCC(=O)Nc3ccc(-c4nc5ccc(C)cc5s4)cc3)n2-c2ccc(Cl)cc2)c1. The molecule has 0 fully saturated rings. The Hall–Kier alpha value is -4.18. The van der Waals surface area contributed by atoms with Crippen molar-refractivity contribution in [3.63, 3.8) is 0 Å². The summed E-state index contributed by atoms with van der Waals surface area (Å²) in [6, 6.07) is 29.0. The van der Waals surface area contributed by atoms with Gasteiger partial charge in [-0.1, -0.05) is 41.6 Å². The molecule has 6 rings (SSSR count). The molecule has 0 atom stereocenters. The van der Waals surface area contributed by atoms with Gasteiger partial charge in [0, 0.05) is 27.5 Å². The number of thiazole rings is 1. The van der Waals surface area contributed by atoms with E-state index in [1.165, 1.54) is 17.3 Å². The van der Waals surface area contributed by atoms with E-state index in [4.69, 9.17) is 21.3 Å². The van der Waals surface area contributed by atoms with Gasteiger partial charge < -0.3 is 10.1 Å². The van der Waals surface area contributed by atoms with Crippen molar-refractivity contribution < 1.29 is 9.53 Å². The van der Waals surface area contributed by atoms with Gasteiger partial charge in [0.1, 0.15) is 10.8 Å². The molecule has 2 heterocycles. The maximum Gasteiger partial charge on any atom is 0.234 e. The number of anilines is 1. The third kappa shape index (κ3) is 5.97. The topological polar surface area (TPSA) is 81.9 Å². The Bertz CT molecular complexity index is 1850. The lowest BCUT2D eigenvalue weighted by atomic mass is 10.2. The van der Waals surface area contributed by atoms with E-state index in [0.717, 1.165) is 32.0 Å². The third-order valence-corrected chi connectivity index (χ3v) is 8.59. The van der Waals surface area contributed by atoms with Gasteiger partial charge in [0.25, 0.3) is 0 Å².